The van der Waals surface area contributed by atoms with Crippen LogP contribution in [0, 0.1) is 12.3 Å². The number of hydrogen-bond donors (Lipinski definition) is 1. The number of nitrogens with one attached hydrogen (secondary N) is 1. The van der Waals surface area contributed by atoms with Crippen molar-refractivity contribution >= 4 is 5.69 Å². The Kier molecular flexibility index (Phi) is 3.80. The van der Waals surface area contributed by atoms with Gasteiger partial charge in [0.25, 0.3) is 0 Å². The van der Waals surface area contributed by atoms with Gasteiger partial charge < -0.3 is 5.32 Å². The van der Waals surface area contributed by atoms with E-state index in [1.54, 1.807) is 0 Å². The van der Waals surface area contributed by atoms with Crippen molar-refractivity contribution in [2.45, 2.75) is 12.8 Å². The number of terminal acetylenes is 1. The van der Waals surface area contributed by atoms with Crippen LogP contribution in [0.4, 0.5) is 5.69 Å². The van der Waals surface area contributed by atoms with E-state index in [9.17, 15) is 0 Å². The highest BCUT2D eigenvalue weighted by Crippen LogP contribution is 2.04. The molecule has 1 heteroatoms. The van der Waals surface area contributed by atoms with Crippen molar-refractivity contribution in [3.8, 4) is 12.3 Å². The second kappa shape index (κ2) is 5.26. The summed E-state index contributed by atoms with van der Waals surface area (Å²) < 4.78 is 0. The van der Waals surface area contributed by atoms with Crippen LogP contribution < -0.4 is 5.32 Å². The lowest BCUT2D eigenvalue weighted by Crippen LogP contribution is -2.00. The van der Waals surface area contributed by atoms with Crippen molar-refractivity contribution in [2.75, 3.05) is 11.9 Å². The van der Waals surface area contributed by atoms with Crippen molar-refractivity contribution < 1.29 is 0 Å². The van der Waals surface area contributed by atoms with Gasteiger partial charge in [-0.05, 0) is 18.6 Å². The van der Waals surface area contributed by atoms with E-state index in [0.29, 0.717) is 0 Å². The van der Waals surface area contributed by atoms with Crippen LogP contribution in [0.25, 0.3) is 0 Å². The first-order valence-corrected chi connectivity index (χ1v) is 4.16. The Balaban J connectivity index is 2.21. The van der Waals surface area contributed by atoms with Gasteiger partial charge in [-0.1, -0.05) is 18.2 Å². The van der Waals surface area contributed by atoms with E-state index in [4.69, 9.17) is 6.42 Å². The molecule has 0 amide bonds. The third-order valence-corrected chi connectivity index (χ3v) is 1.60. The van der Waals surface area contributed by atoms with Crippen LogP contribution in [0.1, 0.15) is 12.8 Å². The van der Waals surface area contributed by atoms with Gasteiger partial charge in [0.05, 0.1) is 0 Å². The van der Waals surface area contributed by atoms with Crippen LogP contribution in [0.3, 0.4) is 0 Å². The van der Waals surface area contributed by atoms with Gasteiger partial charge >= 0.3 is 0 Å². The lowest BCUT2D eigenvalue weighted by molar-refractivity contribution is 0.907. The quantitative estimate of drug-likeness (QED) is 0.525. The minimum Gasteiger partial charge on any atom is -0.385 e. The third-order valence-electron chi connectivity index (χ3n) is 1.60. The molecule has 0 heterocycles. The second-order valence-electron chi connectivity index (χ2n) is 2.60. The monoisotopic (exact) mass is 159 g/mol. The Morgan fingerprint density at radius 1 is 1.25 bits per heavy atom. The van der Waals surface area contributed by atoms with Crippen LogP contribution in [0.15, 0.2) is 30.3 Å². The van der Waals surface area contributed by atoms with Crippen molar-refractivity contribution in [3.05, 3.63) is 30.3 Å². The van der Waals surface area contributed by atoms with E-state index in [0.717, 1.165) is 25.1 Å². The summed E-state index contributed by atoms with van der Waals surface area (Å²) in [5.41, 5.74) is 1.16. The lowest BCUT2D eigenvalue weighted by Gasteiger charge is -2.03. The van der Waals surface area contributed by atoms with Crippen molar-refractivity contribution in [1.82, 2.24) is 0 Å². The van der Waals surface area contributed by atoms with Crippen LogP contribution in [-0.2, 0) is 0 Å². The molecule has 0 unspecified atom stereocenters. The van der Waals surface area contributed by atoms with Gasteiger partial charge in [0, 0.05) is 18.7 Å². The first-order valence-electron chi connectivity index (χ1n) is 4.16. The normalized spacial score (nSPS) is 8.92. The topological polar surface area (TPSA) is 12.0 Å². The van der Waals surface area contributed by atoms with Gasteiger partial charge in [-0.25, -0.2) is 0 Å². The Hall–Kier alpha value is -1.42. The summed E-state index contributed by atoms with van der Waals surface area (Å²) in [6, 6.07) is 10.1. The van der Waals surface area contributed by atoms with E-state index in [1.807, 2.05) is 18.2 Å². The summed E-state index contributed by atoms with van der Waals surface area (Å²) in [6.07, 6.45) is 7.01. The van der Waals surface area contributed by atoms with E-state index in [2.05, 4.69) is 23.4 Å². The molecule has 12 heavy (non-hydrogen) atoms. The number of unbranched alkanes of at least 4 members (excludes halogenated alkanes) is 1. The standard InChI is InChI=1S/C11H13N/c1-2-3-7-10-12-11-8-5-4-6-9-11/h1,4-6,8-9,12H,3,7,10H2. The molecule has 1 aromatic rings. The van der Waals surface area contributed by atoms with Crippen LogP contribution >= 0.6 is 0 Å². The average molecular weight is 159 g/mol. The van der Waals surface area contributed by atoms with Gasteiger partial charge in [-0.15, -0.1) is 12.3 Å². The summed E-state index contributed by atoms with van der Waals surface area (Å²) in [5.74, 6) is 2.61. The zero-order valence-electron chi connectivity index (χ0n) is 7.09. The lowest BCUT2D eigenvalue weighted by atomic mass is 10.3. The molecule has 0 atom stereocenters. The molecular weight excluding hydrogens is 146 g/mol. The number of anilines is 1. The average Bonchev–Trinajstić information content (AvgIpc) is 2.14. The van der Waals surface area contributed by atoms with Gasteiger partial charge in [0.1, 0.15) is 0 Å². The highest BCUT2D eigenvalue weighted by atomic mass is 14.9. The molecule has 0 fully saturated rings. The predicted molar refractivity (Wildman–Crippen MR) is 53.0 cm³/mol. The fourth-order valence-electron chi connectivity index (χ4n) is 0.979. The molecule has 0 spiro atoms. The van der Waals surface area contributed by atoms with E-state index >= 15 is 0 Å². The minimum absolute atomic E-state index is 0.847. The number of hydrogen-bond acceptors (Lipinski definition) is 1. The largest absolute Gasteiger partial charge is 0.385 e. The molecular formula is C11H13N. The van der Waals surface area contributed by atoms with E-state index < -0.39 is 0 Å². The summed E-state index contributed by atoms with van der Waals surface area (Å²) >= 11 is 0. The molecule has 0 bridgehead atoms. The molecule has 0 saturated heterocycles. The first kappa shape index (κ1) is 8.67. The Labute approximate surface area is 73.8 Å². The maximum absolute atomic E-state index is 5.13. The van der Waals surface area contributed by atoms with Gasteiger partial charge in [-0.3, -0.25) is 0 Å². The Bertz CT molecular complexity index is 245. The smallest absolute Gasteiger partial charge is 0.0340 e. The highest BCUT2D eigenvalue weighted by Gasteiger charge is 1.87. The SMILES string of the molecule is C#CCCCNc1ccccc1. The molecule has 1 rings (SSSR count). The molecule has 1 nitrogen and oxygen atoms in total. The Morgan fingerprint density at radius 2 is 2.00 bits per heavy atom. The summed E-state index contributed by atoms with van der Waals surface area (Å²) in [7, 11) is 0. The summed E-state index contributed by atoms with van der Waals surface area (Å²) in [6.45, 7) is 0.953. The van der Waals surface area contributed by atoms with Crippen molar-refractivity contribution in [3.63, 3.8) is 0 Å². The van der Waals surface area contributed by atoms with E-state index in [1.165, 1.54) is 0 Å². The zero-order chi connectivity index (χ0) is 8.65. The summed E-state index contributed by atoms with van der Waals surface area (Å²) in [5, 5.41) is 3.28. The van der Waals surface area contributed by atoms with Gasteiger partial charge in [0.15, 0.2) is 0 Å². The van der Waals surface area contributed by atoms with Crippen LogP contribution in [0.5, 0.6) is 0 Å². The van der Waals surface area contributed by atoms with E-state index in [-0.39, 0.29) is 0 Å². The predicted octanol–water partition coefficient (Wildman–Crippen LogP) is 2.51. The minimum atomic E-state index is 0.847. The first-order chi connectivity index (χ1) is 5.93. The van der Waals surface area contributed by atoms with Crippen LogP contribution in [-0.4, -0.2) is 6.54 Å². The van der Waals surface area contributed by atoms with Crippen molar-refractivity contribution in [1.29, 1.82) is 0 Å². The number of rotatable bonds is 4. The fraction of sp³-hybridized carbons (Fsp3) is 0.273. The number of benzene rings is 1. The molecule has 0 saturated carbocycles. The maximum Gasteiger partial charge on any atom is 0.0340 e. The molecule has 1 aromatic carbocycles. The van der Waals surface area contributed by atoms with Crippen molar-refractivity contribution in [2.24, 2.45) is 0 Å². The van der Waals surface area contributed by atoms with Gasteiger partial charge in [-0.2, -0.15) is 0 Å². The molecule has 1 N–H and O–H groups in total. The molecule has 0 aliphatic heterocycles. The zero-order valence-corrected chi connectivity index (χ0v) is 7.09. The molecule has 0 radical (unpaired) electrons. The van der Waals surface area contributed by atoms with Gasteiger partial charge in [0.2, 0.25) is 0 Å². The second-order valence-corrected chi connectivity index (χ2v) is 2.60. The Morgan fingerprint density at radius 3 is 2.67 bits per heavy atom. The third kappa shape index (κ3) is 3.12. The molecule has 0 aliphatic rings. The summed E-state index contributed by atoms with van der Waals surface area (Å²) in [4.78, 5) is 0. The van der Waals surface area contributed by atoms with Crippen LogP contribution in [0.2, 0.25) is 0 Å². The molecule has 0 aromatic heterocycles. The number of para-hydroxylation sites is 1. The highest BCUT2D eigenvalue weighted by molar-refractivity contribution is 5.42. The maximum atomic E-state index is 5.13. The fourth-order valence-corrected chi connectivity index (χ4v) is 0.979. The molecule has 0 aliphatic carbocycles. The molecule has 62 valence electrons.